The lowest BCUT2D eigenvalue weighted by atomic mass is 9.68. The molecule has 6 rings (SSSR count). The SMILES string of the molecule is COCC1CC12CCN(CC1CCC3=C(C1=O)c1ccccc1CC3Cc1ccc(C(O)OC)cc1)CC2. The van der Waals surface area contributed by atoms with Crippen LogP contribution in [0.1, 0.15) is 60.6 Å². The molecule has 1 heterocycles. The molecular weight excluding hydrogens is 474 g/mol. The normalized spacial score (nSPS) is 27.2. The molecule has 1 spiro atoms. The average Bonchev–Trinajstić information content (AvgIpc) is 3.62. The minimum absolute atomic E-state index is 0.0957. The Morgan fingerprint density at radius 2 is 1.82 bits per heavy atom. The fraction of sp³-hybridized carbons (Fsp3) is 0.545. The standard InChI is InChI=1S/C33H41NO4/c1-37-21-27-19-33(27)13-15-34(16-14-33)20-25-11-12-29-26(17-22-7-9-23(10-8-22)32(36)38-2)18-24-5-3-4-6-28(24)30(29)31(25)35/h3-10,25-27,32,36H,11-21H2,1-2H3. The Balaban J connectivity index is 1.18. The summed E-state index contributed by atoms with van der Waals surface area (Å²) >= 11 is 0. The van der Waals surface area contributed by atoms with E-state index in [1.807, 2.05) is 19.2 Å². The number of fused-ring (bicyclic) bond motifs is 2. The molecule has 3 aliphatic carbocycles. The van der Waals surface area contributed by atoms with E-state index in [2.05, 4.69) is 41.3 Å². The zero-order valence-electron chi connectivity index (χ0n) is 22.8. The van der Waals surface area contributed by atoms with Gasteiger partial charge in [0.1, 0.15) is 0 Å². The molecule has 2 aromatic rings. The van der Waals surface area contributed by atoms with Crippen molar-refractivity contribution in [2.45, 2.75) is 51.2 Å². The lowest BCUT2D eigenvalue weighted by Crippen LogP contribution is -2.42. The van der Waals surface area contributed by atoms with E-state index in [1.54, 1.807) is 0 Å². The summed E-state index contributed by atoms with van der Waals surface area (Å²) in [5.41, 5.74) is 7.38. The van der Waals surface area contributed by atoms with Gasteiger partial charge in [-0.25, -0.2) is 0 Å². The molecule has 0 radical (unpaired) electrons. The lowest BCUT2D eigenvalue weighted by molar-refractivity contribution is -0.118. The summed E-state index contributed by atoms with van der Waals surface area (Å²) in [6.07, 6.45) is 6.79. The van der Waals surface area contributed by atoms with Gasteiger partial charge in [0.2, 0.25) is 0 Å². The minimum Gasteiger partial charge on any atom is -0.384 e. The number of methoxy groups -OCH3 is 2. The molecule has 5 nitrogen and oxygen atoms in total. The Morgan fingerprint density at radius 3 is 2.55 bits per heavy atom. The van der Waals surface area contributed by atoms with Crippen molar-refractivity contribution < 1.29 is 19.4 Å². The molecule has 38 heavy (non-hydrogen) atoms. The van der Waals surface area contributed by atoms with Crippen LogP contribution in [-0.4, -0.2) is 56.3 Å². The van der Waals surface area contributed by atoms with E-state index >= 15 is 0 Å². The van der Waals surface area contributed by atoms with Gasteiger partial charge in [-0.15, -0.1) is 0 Å². The van der Waals surface area contributed by atoms with Crippen LogP contribution in [-0.2, 0) is 27.1 Å². The van der Waals surface area contributed by atoms with E-state index in [9.17, 15) is 9.90 Å². The Bertz CT molecular complexity index is 1190. The fourth-order valence-electron chi connectivity index (χ4n) is 7.58. The summed E-state index contributed by atoms with van der Waals surface area (Å²) in [6, 6.07) is 16.6. The molecule has 0 amide bonds. The first-order valence-corrected chi connectivity index (χ1v) is 14.4. The fourth-order valence-corrected chi connectivity index (χ4v) is 7.58. The summed E-state index contributed by atoms with van der Waals surface area (Å²) in [7, 11) is 3.32. The Hall–Kier alpha value is -2.31. The van der Waals surface area contributed by atoms with E-state index < -0.39 is 6.29 Å². The zero-order chi connectivity index (χ0) is 26.3. The monoisotopic (exact) mass is 515 g/mol. The molecule has 0 bridgehead atoms. The number of piperidine rings is 1. The minimum atomic E-state index is -0.894. The van der Waals surface area contributed by atoms with Crippen molar-refractivity contribution in [1.82, 2.24) is 4.90 Å². The molecule has 2 fully saturated rings. The number of aliphatic hydroxyl groups is 1. The Morgan fingerprint density at radius 1 is 1.05 bits per heavy atom. The zero-order valence-corrected chi connectivity index (χ0v) is 22.8. The van der Waals surface area contributed by atoms with Gasteiger partial charge in [-0.2, -0.15) is 0 Å². The number of carbonyl (C=O) groups excluding carboxylic acids is 1. The lowest BCUT2D eigenvalue weighted by Gasteiger charge is -2.39. The molecular formula is C33H41NO4. The summed E-state index contributed by atoms with van der Waals surface area (Å²) in [5.74, 6) is 1.55. The number of hydrogen-bond donors (Lipinski definition) is 1. The average molecular weight is 516 g/mol. The quantitative estimate of drug-likeness (QED) is 0.489. The van der Waals surface area contributed by atoms with Gasteiger partial charge in [-0.05, 0) is 92.0 Å². The topological polar surface area (TPSA) is 59.0 Å². The van der Waals surface area contributed by atoms with E-state index in [0.717, 1.165) is 69.0 Å². The van der Waals surface area contributed by atoms with Gasteiger partial charge in [0.15, 0.2) is 12.1 Å². The Labute approximate surface area is 226 Å². The van der Waals surface area contributed by atoms with Gasteiger partial charge >= 0.3 is 0 Å². The van der Waals surface area contributed by atoms with Crippen LogP contribution in [0.25, 0.3) is 5.57 Å². The second kappa shape index (κ2) is 10.7. The summed E-state index contributed by atoms with van der Waals surface area (Å²) in [6.45, 7) is 4.03. The molecule has 1 saturated carbocycles. The Kier molecular flexibility index (Phi) is 7.30. The van der Waals surface area contributed by atoms with Gasteiger partial charge < -0.3 is 19.5 Å². The van der Waals surface area contributed by atoms with Gasteiger partial charge in [-0.3, -0.25) is 4.79 Å². The highest BCUT2D eigenvalue weighted by atomic mass is 16.6. The predicted molar refractivity (Wildman–Crippen MR) is 148 cm³/mol. The number of Topliss-reactive ketones (excluding diaryl/α,β-unsaturated/α-hetero) is 1. The number of aliphatic hydroxyl groups excluding tert-OH is 1. The number of allylic oxidation sites excluding steroid dienone is 2. The molecule has 0 aromatic heterocycles. The second-order valence-electron chi connectivity index (χ2n) is 12.1. The first-order chi connectivity index (χ1) is 18.5. The molecule has 4 unspecified atom stereocenters. The van der Waals surface area contributed by atoms with Crippen LogP contribution in [0.3, 0.4) is 0 Å². The van der Waals surface area contributed by atoms with Crippen molar-refractivity contribution in [3.8, 4) is 0 Å². The smallest absolute Gasteiger partial charge is 0.180 e. The predicted octanol–water partition coefficient (Wildman–Crippen LogP) is 5.22. The van der Waals surface area contributed by atoms with Gasteiger partial charge in [0, 0.05) is 44.4 Å². The number of ketones is 1. The van der Waals surface area contributed by atoms with Crippen molar-refractivity contribution in [1.29, 1.82) is 0 Å². The number of carbonyl (C=O) groups is 1. The molecule has 4 atom stereocenters. The molecule has 5 heteroatoms. The highest BCUT2D eigenvalue weighted by molar-refractivity contribution is 6.24. The number of hydrogen-bond acceptors (Lipinski definition) is 5. The first-order valence-electron chi connectivity index (χ1n) is 14.4. The van der Waals surface area contributed by atoms with Crippen molar-refractivity contribution in [2.24, 2.45) is 23.2 Å². The maximum Gasteiger partial charge on any atom is 0.180 e. The van der Waals surface area contributed by atoms with Crippen molar-refractivity contribution in [3.63, 3.8) is 0 Å². The molecule has 1 aliphatic heterocycles. The highest BCUT2D eigenvalue weighted by Crippen LogP contribution is 2.59. The van der Waals surface area contributed by atoms with Gasteiger partial charge in [0.05, 0.1) is 0 Å². The molecule has 1 N–H and O–H groups in total. The van der Waals surface area contributed by atoms with Crippen LogP contribution >= 0.6 is 0 Å². The number of rotatable bonds is 8. The van der Waals surface area contributed by atoms with Crippen LogP contribution in [0, 0.1) is 23.2 Å². The largest absolute Gasteiger partial charge is 0.384 e. The number of benzene rings is 2. The number of ether oxygens (including phenoxy) is 2. The van der Waals surface area contributed by atoms with Crippen molar-refractivity contribution in [2.75, 3.05) is 40.5 Å². The number of likely N-dealkylation sites (tertiary alicyclic amines) is 1. The highest BCUT2D eigenvalue weighted by Gasteiger charge is 2.54. The first kappa shape index (κ1) is 25.9. The molecule has 2 aromatic carbocycles. The summed E-state index contributed by atoms with van der Waals surface area (Å²) in [4.78, 5) is 16.6. The summed E-state index contributed by atoms with van der Waals surface area (Å²) in [5, 5.41) is 9.96. The van der Waals surface area contributed by atoms with E-state index in [0.29, 0.717) is 17.1 Å². The van der Waals surface area contributed by atoms with Crippen LogP contribution in [0.2, 0.25) is 0 Å². The number of nitrogens with zero attached hydrogens (tertiary/aromatic N) is 1. The van der Waals surface area contributed by atoms with E-state index in [4.69, 9.17) is 9.47 Å². The van der Waals surface area contributed by atoms with E-state index in [1.165, 1.54) is 48.6 Å². The van der Waals surface area contributed by atoms with Crippen LogP contribution < -0.4 is 0 Å². The van der Waals surface area contributed by atoms with Crippen LogP contribution in [0.4, 0.5) is 0 Å². The van der Waals surface area contributed by atoms with E-state index in [-0.39, 0.29) is 5.92 Å². The maximum absolute atomic E-state index is 14.1. The third kappa shape index (κ3) is 4.90. The molecule has 1 saturated heterocycles. The van der Waals surface area contributed by atoms with Crippen LogP contribution in [0.5, 0.6) is 0 Å². The van der Waals surface area contributed by atoms with Crippen molar-refractivity contribution in [3.05, 3.63) is 76.4 Å². The second-order valence-corrected chi connectivity index (χ2v) is 12.1. The third-order valence-electron chi connectivity index (χ3n) is 9.97. The molecule has 4 aliphatic rings. The summed E-state index contributed by atoms with van der Waals surface area (Å²) < 4.78 is 10.5. The third-order valence-corrected chi connectivity index (χ3v) is 9.97. The van der Waals surface area contributed by atoms with Crippen molar-refractivity contribution >= 4 is 11.4 Å². The van der Waals surface area contributed by atoms with Crippen LogP contribution in [0.15, 0.2) is 54.1 Å². The van der Waals surface area contributed by atoms with Gasteiger partial charge in [-0.1, -0.05) is 54.1 Å². The van der Waals surface area contributed by atoms with Gasteiger partial charge in [0.25, 0.3) is 0 Å². The molecule has 202 valence electrons. The maximum atomic E-state index is 14.1.